The number of rotatable bonds is 6. The zero-order chi connectivity index (χ0) is 15.6. The Hall–Kier alpha value is -2.36. The number of guanidine groups is 1. The summed E-state index contributed by atoms with van der Waals surface area (Å²) in [5.41, 5.74) is 3.57. The summed E-state index contributed by atoms with van der Waals surface area (Å²) >= 11 is 0. The number of benzene rings is 1. The van der Waals surface area contributed by atoms with Gasteiger partial charge in [0.1, 0.15) is 0 Å². The molecular weight excluding hydrogens is 272 g/mol. The topological polar surface area (TPSA) is 49.3 Å². The molecule has 4 heteroatoms. The molecule has 0 fully saturated rings. The molecule has 0 aliphatic heterocycles. The Labute approximate surface area is 132 Å². The molecule has 0 saturated heterocycles. The van der Waals surface area contributed by atoms with Gasteiger partial charge in [-0.3, -0.25) is 4.98 Å². The summed E-state index contributed by atoms with van der Waals surface area (Å²) in [4.78, 5) is 8.94. The van der Waals surface area contributed by atoms with E-state index >= 15 is 0 Å². The van der Waals surface area contributed by atoms with Crippen LogP contribution in [0.25, 0.3) is 0 Å². The Balaban J connectivity index is 1.85. The molecule has 2 aromatic rings. The van der Waals surface area contributed by atoms with Crippen LogP contribution in [0, 0.1) is 6.92 Å². The van der Waals surface area contributed by atoms with E-state index in [-0.39, 0.29) is 0 Å². The van der Waals surface area contributed by atoms with E-state index in [9.17, 15) is 0 Å². The lowest BCUT2D eigenvalue weighted by Gasteiger charge is -2.11. The molecule has 0 unspecified atom stereocenters. The van der Waals surface area contributed by atoms with E-state index in [0.29, 0.717) is 6.54 Å². The highest BCUT2D eigenvalue weighted by Gasteiger charge is 1.98. The summed E-state index contributed by atoms with van der Waals surface area (Å²) in [5.74, 6) is 0.846. The average molecular weight is 296 g/mol. The third-order valence-electron chi connectivity index (χ3n) is 3.28. The quantitative estimate of drug-likeness (QED) is 0.636. The van der Waals surface area contributed by atoms with Gasteiger partial charge in [0, 0.05) is 31.4 Å². The zero-order valence-corrected chi connectivity index (χ0v) is 13.3. The van der Waals surface area contributed by atoms with E-state index in [2.05, 4.69) is 58.7 Å². The number of hydrogen-bond acceptors (Lipinski definition) is 2. The molecule has 0 aliphatic rings. The van der Waals surface area contributed by atoms with Gasteiger partial charge >= 0.3 is 0 Å². The van der Waals surface area contributed by atoms with Crippen LogP contribution in [-0.2, 0) is 13.0 Å². The second-order valence-electron chi connectivity index (χ2n) is 5.18. The van der Waals surface area contributed by atoms with Crippen molar-refractivity contribution in [1.82, 2.24) is 15.6 Å². The molecule has 2 N–H and O–H groups in total. The Bertz CT molecular complexity index is 576. The molecule has 0 spiro atoms. The fourth-order valence-corrected chi connectivity index (χ4v) is 2.06. The van der Waals surface area contributed by atoms with Crippen molar-refractivity contribution in [1.29, 1.82) is 0 Å². The molecule has 1 aromatic carbocycles. The van der Waals surface area contributed by atoms with Crippen molar-refractivity contribution < 1.29 is 0 Å². The Morgan fingerprint density at radius 3 is 2.59 bits per heavy atom. The molecule has 4 nitrogen and oxygen atoms in total. The van der Waals surface area contributed by atoms with Gasteiger partial charge in [-0.15, -0.1) is 0 Å². The maximum Gasteiger partial charge on any atom is 0.191 e. The smallest absolute Gasteiger partial charge is 0.191 e. The van der Waals surface area contributed by atoms with E-state index in [0.717, 1.165) is 31.2 Å². The Kier molecular flexibility index (Phi) is 6.42. The van der Waals surface area contributed by atoms with Crippen LogP contribution in [0.4, 0.5) is 0 Å². The Morgan fingerprint density at radius 1 is 1.09 bits per heavy atom. The zero-order valence-electron chi connectivity index (χ0n) is 13.3. The van der Waals surface area contributed by atoms with Gasteiger partial charge in [0.15, 0.2) is 5.96 Å². The lowest BCUT2D eigenvalue weighted by molar-refractivity contribution is 0.788. The molecule has 2 rings (SSSR count). The molecule has 22 heavy (non-hydrogen) atoms. The van der Waals surface area contributed by atoms with E-state index in [1.807, 2.05) is 24.4 Å². The molecule has 0 saturated carbocycles. The summed E-state index contributed by atoms with van der Waals surface area (Å²) in [6, 6.07) is 14.5. The van der Waals surface area contributed by atoms with Gasteiger partial charge in [-0.05, 0) is 31.5 Å². The minimum Gasteiger partial charge on any atom is -0.357 e. The van der Waals surface area contributed by atoms with Crippen molar-refractivity contribution in [2.45, 2.75) is 26.8 Å². The average Bonchev–Trinajstić information content (AvgIpc) is 2.55. The highest BCUT2D eigenvalue weighted by molar-refractivity contribution is 5.79. The van der Waals surface area contributed by atoms with Crippen LogP contribution in [-0.4, -0.2) is 24.0 Å². The number of hydrogen-bond donors (Lipinski definition) is 2. The van der Waals surface area contributed by atoms with Crippen LogP contribution in [0.2, 0.25) is 0 Å². The molecule has 0 amide bonds. The fraction of sp³-hybridized carbons (Fsp3) is 0.333. The number of aliphatic imine (C=N–C) groups is 1. The molecule has 0 radical (unpaired) electrons. The minimum atomic E-state index is 0.680. The van der Waals surface area contributed by atoms with Crippen molar-refractivity contribution in [2.75, 3.05) is 13.1 Å². The first-order valence-electron chi connectivity index (χ1n) is 7.75. The summed E-state index contributed by atoms with van der Waals surface area (Å²) in [7, 11) is 0. The first-order chi connectivity index (χ1) is 10.8. The van der Waals surface area contributed by atoms with Crippen LogP contribution in [0.5, 0.6) is 0 Å². The normalized spacial score (nSPS) is 11.3. The number of pyridine rings is 1. The highest BCUT2D eigenvalue weighted by Crippen LogP contribution is 2.04. The predicted octanol–water partition coefficient (Wildman–Crippen LogP) is 2.69. The van der Waals surface area contributed by atoms with Gasteiger partial charge < -0.3 is 10.6 Å². The van der Waals surface area contributed by atoms with Gasteiger partial charge in [0.25, 0.3) is 0 Å². The third kappa shape index (κ3) is 5.56. The third-order valence-corrected chi connectivity index (χ3v) is 3.28. The van der Waals surface area contributed by atoms with E-state index in [1.165, 1.54) is 11.1 Å². The van der Waals surface area contributed by atoms with Crippen LogP contribution >= 0.6 is 0 Å². The molecule has 0 aliphatic carbocycles. The molecule has 0 atom stereocenters. The maximum atomic E-state index is 4.62. The van der Waals surface area contributed by atoms with Crippen molar-refractivity contribution in [3.63, 3.8) is 0 Å². The van der Waals surface area contributed by atoms with Crippen LogP contribution in [0.3, 0.4) is 0 Å². The van der Waals surface area contributed by atoms with Gasteiger partial charge in [-0.1, -0.05) is 35.9 Å². The molecule has 116 valence electrons. The maximum absolute atomic E-state index is 4.62. The number of nitrogens with zero attached hydrogens (tertiary/aromatic N) is 2. The molecule has 1 heterocycles. The van der Waals surface area contributed by atoms with Crippen molar-refractivity contribution in [3.05, 3.63) is 65.5 Å². The summed E-state index contributed by atoms with van der Waals surface area (Å²) in [6.45, 7) is 6.51. The number of aryl methyl sites for hydroxylation is 1. The van der Waals surface area contributed by atoms with E-state index in [4.69, 9.17) is 0 Å². The van der Waals surface area contributed by atoms with Gasteiger partial charge in [0.2, 0.25) is 0 Å². The standard InChI is InChI=1S/C18H24N4/c1-3-19-18(21-13-11-17-6-4-5-12-20-17)22-14-16-9-7-15(2)8-10-16/h4-10,12H,3,11,13-14H2,1-2H3,(H2,19,21,22). The first kappa shape index (κ1) is 16.0. The number of nitrogens with one attached hydrogen (secondary N) is 2. The minimum absolute atomic E-state index is 0.680. The highest BCUT2D eigenvalue weighted by atomic mass is 15.2. The summed E-state index contributed by atoms with van der Waals surface area (Å²) in [5, 5.41) is 6.62. The van der Waals surface area contributed by atoms with Crippen LogP contribution in [0.15, 0.2) is 53.7 Å². The summed E-state index contributed by atoms with van der Waals surface area (Å²) in [6.07, 6.45) is 2.71. The Morgan fingerprint density at radius 2 is 1.91 bits per heavy atom. The van der Waals surface area contributed by atoms with E-state index < -0.39 is 0 Å². The molecule has 1 aromatic heterocycles. The molecular formula is C18H24N4. The lowest BCUT2D eigenvalue weighted by atomic mass is 10.1. The van der Waals surface area contributed by atoms with Crippen molar-refractivity contribution in [3.8, 4) is 0 Å². The van der Waals surface area contributed by atoms with Crippen LogP contribution < -0.4 is 10.6 Å². The van der Waals surface area contributed by atoms with Gasteiger partial charge in [0.05, 0.1) is 6.54 Å². The first-order valence-corrected chi connectivity index (χ1v) is 7.75. The second-order valence-corrected chi connectivity index (χ2v) is 5.18. The predicted molar refractivity (Wildman–Crippen MR) is 91.9 cm³/mol. The van der Waals surface area contributed by atoms with Crippen LogP contribution in [0.1, 0.15) is 23.7 Å². The van der Waals surface area contributed by atoms with Crippen molar-refractivity contribution in [2.24, 2.45) is 4.99 Å². The second kappa shape index (κ2) is 8.82. The summed E-state index contributed by atoms with van der Waals surface area (Å²) < 4.78 is 0. The van der Waals surface area contributed by atoms with Gasteiger partial charge in [-0.25, -0.2) is 4.99 Å². The fourth-order valence-electron chi connectivity index (χ4n) is 2.06. The SMILES string of the molecule is CCNC(=NCc1ccc(C)cc1)NCCc1ccccn1. The van der Waals surface area contributed by atoms with E-state index in [1.54, 1.807) is 0 Å². The lowest BCUT2D eigenvalue weighted by Crippen LogP contribution is -2.38. The largest absolute Gasteiger partial charge is 0.357 e. The van der Waals surface area contributed by atoms with Gasteiger partial charge in [-0.2, -0.15) is 0 Å². The van der Waals surface area contributed by atoms with Crippen molar-refractivity contribution >= 4 is 5.96 Å². The number of aromatic nitrogens is 1. The molecule has 0 bridgehead atoms. The monoisotopic (exact) mass is 296 g/mol.